The largest absolute Gasteiger partial charge is 0.454 e. The van der Waals surface area contributed by atoms with E-state index in [1.54, 1.807) is 24.3 Å². The lowest BCUT2D eigenvalue weighted by molar-refractivity contribution is -0.0348. The van der Waals surface area contributed by atoms with Crippen LogP contribution < -0.4 is 9.80 Å². The van der Waals surface area contributed by atoms with E-state index in [9.17, 15) is 9.59 Å². The van der Waals surface area contributed by atoms with Crippen LogP contribution in [-0.2, 0) is 9.47 Å². The first-order valence-electron chi connectivity index (χ1n) is 11.9. The minimum Gasteiger partial charge on any atom is -0.454 e. The highest BCUT2D eigenvalue weighted by Gasteiger charge is 2.55. The molecular formula is C29H30N2O4. The van der Waals surface area contributed by atoms with Crippen molar-refractivity contribution >= 4 is 23.3 Å². The second-order valence-electron chi connectivity index (χ2n) is 9.70. The molecule has 3 aromatic rings. The van der Waals surface area contributed by atoms with Crippen LogP contribution in [0.15, 0.2) is 72.8 Å². The predicted molar refractivity (Wildman–Crippen MR) is 136 cm³/mol. The van der Waals surface area contributed by atoms with Crippen LogP contribution in [0.1, 0.15) is 50.1 Å². The van der Waals surface area contributed by atoms with Crippen LogP contribution in [-0.4, -0.2) is 52.3 Å². The van der Waals surface area contributed by atoms with Gasteiger partial charge in [-0.25, -0.2) is 9.59 Å². The molecule has 0 aromatic heterocycles. The molecule has 6 nitrogen and oxygen atoms in total. The van der Waals surface area contributed by atoms with Crippen molar-refractivity contribution in [1.82, 2.24) is 0 Å². The van der Waals surface area contributed by atoms with Crippen molar-refractivity contribution in [2.45, 2.75) is 30.5 Å². The number of esters is 2. The topological polar surface area (TPSA) is 59.1 Å². The standard InChI is InChI=1S/C29H30N2O4/c1-30(2)20-13-9-18(10-14-20)28(32)34-26-24-17-25(23-8-6-5-7-22(23)24)27(26)35-29(33)19-11-15-21(16-12-19)31(3)4/h5-16,24-27H,17H2,1-4H3/t24?,25?,26-,27+. The molecular weight excluding hydrogens is 440 g/mol. The van der Waals surface area contributed by atoms with Crippen molar-refractivity contribution in [3.05, 3.63) is 95.1 Å². The van der Waals surface area contributed by atoms with Crippen LogP contribution >= 0.6 is 0 Å². The van der Waals surface area contributed by atoms with Gasteiger partial charge in [-0.05, 0) is 66.1 Å². The summed E-state index contributed by atoms with van der Waals surface area (Å²) in [5, 5.41) is 0. The fraction of sp³-hybridized carbons (Fsp3) is 0.310. The lowest BCUT2D eigenvalue weighted by Gasteiger charge is -2.32. The summed E-state index contributed by atoms with van der Waals surface area (Å²) in [4.78, 5) is 30.1. The number of benzene rings is 3. The second kappa shape index (κ2) is 9.10. The first kappa shape index (κ1) is 23.0. The Bertz CT molecular complexity index is 1140. The third kappa shape index (κ3) is 4.25. The average Bonchev–Trinajstić information content (AvgIpc) is 3.41. The number of rotatable bonds is 6. The maximum absolute atomic E-state index is 13.1. The Morgan fingerprint density at radius 2 is 1.00 bits per heavy atom. The second-order valence-corrected chi connectivity index (χ2v) is 9.70. The molecule has 1 saturated carbocycles. The van der Waals surface area contributed by atoms with Crippen molar-refractivity contribution in [1.29, 1.82) is 0 Å². The number of hydrogen-bond acceptors (Lipinski definition) is 6. The quantitative estimate of drug-likeness (QED) is 0.480. The molecule has 0 amide bonds. The highest BCUT2D eigenvalue weighted by Crippen LogP contribution is 2.55. The Morgan fingerprint density at radius 1 is 0.629 bits per heavy atom. The van der Waals surface area contributed by atoms with Crippen LogP contribution in [0.3, 0.4) is 0 Å². The third-order valence-electron chi connectivity index (χ3n) is 7.14. The van der Waals surface area contributed by atoms with E-state index in [2.05, 4.69) is 12.1 Å². The molecule has 0 saturated heterocycles. The number of carbonyl (C=O) groups excluding carboxylic acids is 2. The van der Waals surface area contributed by atoms with E-state index >= 15 is 0 Å². The van der Waals surface area contributed by atoms with Crippen molar-refractivity contribution in [2.24, 2.45) is 0 Å². The molecule has 2 aliphatic rings. The summed E-state index contributed by atoms with van der Waals surface area (Å²) in [6.45, 7) is 0. The van der Waals surface area contributed by atoms with Crippen LogP contribution in [0.5, 0.6) is 0 Å². The van der Waals surface area contributed by atoms with Gasteiger partial charge in [0.25, 0.3) is 0 Å². The summed E-state index contributed by atoms with van der Waals surface area (Å²) in [5.74, 6) is -0.784. The molecule has 2 unspecified atom stereocenters. The highest BCUT2D eigenvalue weighted by atomic mass is 16.6. The maximum Gasteiger partial charge on any atom is 0.338 e. The van der Waals surface area contributed by atoms with Gasteiger partial charge in [-0.15, -0.1) is 0 Å². The molecule has 4 atom stereocenters. The lowest BCUT2D eigenvalue weighted by Crippen LogP contribution is -2.39. The number of ether oxygens (including phenoxy) is 2. The van der Waals surface area contributed by atoms with Gasteiger partial charge in [0.2, 0.25) is 0 Å². The Kier molecular flexibility index (Phi) is 5.97. The summed E-state index contributed by atoms with van der Waals surface area (Å²) in [7, 11) is 7.81. The molecule has 5 rings (SSSR count). The highest BCUT2D eigenvalue weighted by molar-refractivity contribution is 5.91. The minimum absolute atomic E-state index is 0.00937. The van der Waals surface area contributed by atoms with Crippen molar-refractivity contribution < 1.29 is 19.1 Å². The van der Waals surface area contributed by atoms with Crippen LogP contribution in [0.25, 0.3) is 0 Å². The first-order valence-corrected chi connectivity index (χ1v) is 11.9. The van der Waals surface area contributed by atoms with E-state index in [0.29, 0.717) is 11.1 Å². The Hall–Kier alpha value is -3.80. The van der Waals surface area contributed by atoms with Gasteiger partial charge in [0.1, 0.15) is 12.2 Å². The Labute approximate surface area is 206 Å². The average molecular weight is 471 g/mol. The van der Waals surface area contributed by atoms with Gasteiger partial charge in [-0.3, -0.25) is 0 Å². The van der Waals surface area contributed by atoms with Gasteiger partial charge in [-0.1, -0.05) is 24.3 Å². The van der Waals surface area contributed by atoms with Gasteiger partial charge in [0.05, 0.1) is 11.1 Å². The minimum atomic E-state index is -0.527. The summed E-state index contributed by atoms with van der Waals surface area (Å²) in [6, 6.07) is 22.8. The van der Waals surface area contributed by atoms with E-state index < -0.39 is 24.1 Å². The zero-order valence-corrected chi connectivity index (χ0v) is 20.5. The molecule has 0 N–H and O–H groups in total. The molecule has 0 heterocycles. The molecule has 180 valence electrons. The van der Waals surface area contributed by atoms with E-state index in [1.807, 2.05) is 74.4 Å². The van der Waals surface area contributed by atoms with Crippen LogP contribution in [0.2, 0.25) is 0 Å². The molecule has 0 radical (unpaired) electrons. The van der Waals surface area contributed by atoms with Gasteiger partial charge in [-0.2, -0.15) is 0 Å². The maximum atomic E-state index is 13.1. The smallest absolute Gasteiger partial charge is 0.338 e. The summed E-state index contributed by atoms with van der Waals surface area (Å²) in [5.41, 5.74) is 5.33. The van der Waals surface area contributed by atoms with Crippen LogP contribution in [0.4, 0.5) is 11.4 Å². The van der Waals surface area contributed by atoms with Crippen LogP contribution in [0, 0.1) is 0 Å². The fourth-order valence-corrected chi connectivity index (χ4v) is 5.27. The van der Waals surface area contributed by atoms with Gasteiger partial charge in [0, 0.05) is 51.4 Å². The normalized spacial score (nSPS) is 21.8. The Morgan fingerprint density at radius 3 is 1.34 bits per heavy atom. The van der Waals surface area contributed by atoms with E-state index in [1.165, 1.54) is 11.1 Å². The van der Waals surface area contributed by atoms with Gasteiger partial charge >= 0.3 is 11.9 Å². The third-order valence-corrected chi connectivity index (χ3v) is 7.14. The number of fused-ring (bicyclic) bond motifs is 5. The van der Waals surface area contributed by atoms with Crippen molar-refractivity contribution in [2.75, 3.05) is 38.0 Å². The van der Waals surface area contributed by atoms with Crippen molar-refractivity contribution in [3.8, 4) is 0 Å². The number of anilines is 2. The van der Waals surface area contributed by atoms with E-state index in [-0.39, 0.29) is 11.8 Å². The number of hydrogen-bond donors (Lipinski definition) is 0. The molecule has 35 heavy (non-hydrogen) atoms. The van der Waals surface area contributed by atoms with Crippen molar-refractivity contribution in [3.63, 3.8) is 0 Å². The summed E-state index contributed by atoms with van der Waals surface area (Å²) < 4.78 is 12.1. The molecule has 0 aliphatic heterocycles. The lowest BCUT2D eigenvalue weighted by atomic mass is 9.87. The molecule has 6 heteroatoms. The van der Waals surface area contributed by atoms with E-state index in [4.69, 9.17) is 9.47 Å². The predicted octanol–water partition coefficient (Wildman–Crippen LogP) is 4.85. The molecule has 0 spiro atoms. The molecule has 2 bridgehead atoms. The zero-order chi connectivity index (χ0) is 24.7. The van der Waals surface area contributed by atoms with E-state index in [0.717, 1.165) is 17.8 Å². The van der Waals surface area contributed by atoms with Gasteiger partial charge in [0.15, 0.2) is 0 Å². The molecule has 2 aliphatic carbocycles. The zero-order valence-electron chi connectivity index (χ0n) is 20.5. The fourth-order valence-electron chi connectivity index (χ4n) is 5.27. The first-order chi connectivity index (χ1) is 16.8. The Balaban J connectivity index is 1.39. The number of carbonyl (C=O) groups is 2. The van der Waals surface area contributed by atoms with Gasteiger partial charge < -0.3 is 19.3 Å². The number of nitrogens with zero attached hydrogens (tertiary/aromatic N) is 2. The summed E-state index contributed by atoms with van der Waals surface area (Å²) in [6.07, 6.45) is -0.254. The summed E-state index contributed by atoms with van der Waals surface area (Å²) >= 11 is 0. The molecule has 1 fully saturated rings. The monoisotopic (exact) mass is 470 g/mol. The SMILES string of the molecule is CN(C)c1ccc(C(=O)O[C@@H]2C3CC(c4ccccc43)[C@@H]2OC(=O)c2ccc(N(C)C)cc2)cc1. The molecule has 3 aromatic carbocycles.